The molecule has 0 unspecified atom stereocenters. The molecule has 0 radical (unpaired) electrons. The Kier molecular flexibility index (Phi) is 5.27. The van der Waals surface area contributed by atoms with Crippen LogP contribution in [0.1, 0.15) is 24.3 Å². The van der Waals surface area contributed by atoms with Crippen molar-refractivity contribution in [3.63, 3.8) is 0 Å². The first-order chi connectivity index (χ1) is 10.2. The van der Waals surface area contributed by atoms with Crippen LogP contribution in [0.3, 0.4) is 0 Å². The molecule has 0 bridgehead atoms. The normalized spacial score (nSPS) is 10.2. The predicted octanol–water partition coefficient (Wildman–Crippen LogP) is 3.34. The van der Waals surface area contributed by atoms with Gasteiger partial charge in [-0.05, 0) is 54.0 Å². The Morgan fingerprint density at radius 2 is 2.00 bits per heavy atom. The lowest BCUT2D eigenvalue weighted by molar-refractivity contribution is 0.102. The average Bonchev–Trinajstić information content (AvgIpc) is 2.50. The van der Waals surface area contributed by atoms with Gasteiger partial charge in [0.15, 0.2) is 0 Å². The zero-order valence-electron chi connectivity index (χ0n) is 12.0. The molecule has 2 aromatic heterocycles. The number of nitrogens with one attached hydrogen (secondary N) is 1. The quantitative estimate of drug-likeness (QED) is 0.900. The highest BCUT2D eigenvalue weighted by Crippen LogP contribution is 2.17. The van der Waals surface area contributed by atoms with E-state index in [1.165, 1.54) is 0 Å². The number of carbonyl (C=O) groups is 1. The highest BCUT2D eigenvalue weighted by atomic mass is 79.9. The molecule has 0 atom stereocenters. The summed E-state index contributed by atoms with van der Waals surface area (Å²) in [6.07, 6.45) is 3.24. The number of aromatic nitrogens is 2. The van der Waals surface area contributed by atoms with Crippen molar-refractivity contribution in [2.24, 2.45) is 0 Å². The number of nitrogens with zero attached hydrogens (tertiary/aromatic N) is 3. The van der Waals surface area contributed by atoms with Crippen molar-refractivity contribution >= 4 is 33.3 Å². The predicted molar refractivity (Wildman–Crippen MR) is 87.7 cm³/mol. The van der Waals surface area contributed by atoms with Gasteiger partial charge in [-0.25, -0.2) is 9.97 Å². The molecular weight excluding hydrogens is 332 g/mol. The van der Waals surface area contributed by atoms with Gasteiger partial charge >= 0.3 is 0 Å². The number of hydrogen-bond donors (Lipinski definition) is 1. The van der Waals surface area contributed by atoms with E-state index in [1.807, 2.05) is 12.1 Å². The number of pyridine rings is 2. The third-order valence-electron chi connectivity index (χ3n) is 3.07. The second kappa shape index (κ2) is 7.17. The van der Waals surface area contributed by atoms with Crippen LogP contribution in [0.2, 0.25) is 0 Å². The van der Waals surface area contributed by atoms with Crippen molar-refractivity contribution in [2.45, 2.75) is 13.8 Å². The SMILES string of the molecule is CCN(CC)c1ccc(NC(=O)c2ncccc2Br)cn1. The molecule has 1 N–H and O–H groups in total. The van der Waals surface area contributed by atoms with Gasteiger partial charge in [-0.1, -0.05) is 0 Å². The Labute approximate surface area is 132 Å². The van der Waals surface area contributed by atoms with E-state index in [4.69, 9.17) is 0 Å². The number of anilines is 2. The Morgan fingerprint density at radius 3 is 2.57 bits per heavy atom. The van der Waals surface area contributed by atoms with Crippen LogP contribution in [0.15, 0.2) is 41.1 Å². The molecule has 0 aliphatic heterocycles. The maximum atomic E-state index is 12.1. The third-order valence-corrected chi connectivity index (χ3v) is 3.71. The van der Waals surface area contributed by atoms with Crippen LogP contribution < -0.4 is 10.2 Å². The van der Waals surface area contributed by atoms with E-state index >= 15 is 0 Å². The summed E-state index contributed by atoms with van der Waals surface area (Å²) in [5, 5.41) is 2.79. The van der Waals surface area contributed by atoms with Gasteiger partial charge in [0.05, 0.1) is 11.9 Å². The van der Waals surface area contributed by atoms with Crippen LogP contribution in [-0.2, 0) is 0 Å². The summed E-state index contributed by atoms with van der Waals surface area (Å²) in [5.74, 6) is 0.636. The van der Waals surface area contributed by atoms with Crippen LogP contribution >= 0.6 is 15.9 Å². The lowest BCUT2D eigenvalue weighted by Crippen LogP contribution is -2.23. The molecule has 0 aliphatic carbocycles. The van der Waals surface area contributed by atoms with Gasteiger partial charge in [0.1, 0.15) is 11.5 Å². The molecule has 2 rings (SSSR count). The van der Waals surface area contributed by atoms with Crippen molar-refractivity contribution in [1.82, 2.24) is 9.97 Å². The fraction of sp³-hybridized carbons (Fsp3) is 0.267. The largest absolute Gasteiger partial charge is 0.357 e. The first-order valence-corrected chi connectivity index (χ1v) is 7.57. The summed E-state index contributed by atoms with van der Waals surface area (Å²) < 4.78 is 0.662. The average molecular weight is 349 g/mol. The minimum Gasteiger partial charge on any atom is -0.357 e. The van der Waals surface area contributed by atoms with Gasteiger partial charge in [0.25, 0.3) is 5.91 Å². The molecule has 2 aromatic rings. The molecule has 1 amide bonds. The molecule has 5 nitrogen and oxygen atoms in total. The van der Waals surface area contributed by atoms with Gasteiger partial charge in [0.2, 0.25) is 0 Å². The van der Waals surface area contributed by atoms with Gasteiger partial charge < -0.3 is 10.2 Å². The zero-order chi connectivity index (χ0) is 15.2. The van der Waals surface area contributed by atoms with E-state index in [9.17, 15) is 4.79 Å². The highest BCUT2D eigenvalue weighted by Gasteiger charge is 2.11. The lowest BCUT2D eigenvalue weighted by Gasteiger charge is -2.19. The Morgan fingerprint density at radius 1 is 1.24 bits per heavy atom. The van der Waals surface area contributed by atoms with E-state index in [-0.39, 0.29) is 5.91 Å². The minimum atomic E-state index is -0.264. The molecule has 0 saturated heterocycles. The molecule has 21 heavy (non-hydrogen) atoms. The standard InChI is InChI=1S/C15H17BrN4O/c1-3-20(4-2)13-8-7-11(10-18-13)19-15(21)14-12(16)6-5-9-17-14/h5-10H,3-4H2,1-2H3,(H,19,21). The van der Waals surface area contributed by atoms with Gasteiger partial charge in [-0.2, -0.15) is 0 Å². The van der Waals surface area contributed by atoms with Gasteiger partial charge in [-0.3, -0.25) is 4.79 Å². The Bertz CT molecular complexity index is 611. The molecule has 6 heteroatoms. The van der Waals surface area contributed by atoms with E-state index < -0.39 is 0 Å². The first-order valence-electron chi connectivity index (χ1n) is 6.78. The van der Waals surface area contributed by atoms with E-state index in [1.54, 1.807) is 24.5 Å². The Hall–Kier alpha value is -1.95. The van der Waals surface area contributed by atoms with Crippen LogP contribution in [0.25, 0.3) is 0 Å². The maximum absolute atomic E-state index is 12.1. The summed E-state index contributed by atoms with van der Waals surface area (Å²) in [7, 11) is 0. The fourth-order valence-corrected chi connectivity index (χ4v) is 2.37. The summed E-state index contributed by atoms with van der Waals surface area (Å²) >= 11 is 3.31. The Balaban J connectivity index is 2.10. The summed E-state index contributed by atoms with van der Waals surface area (Å²) in [6.45, 7) is 5.96. The highest BCUT2D eigenvalue weighted by molar-refractivity contribution is 9.10. The smallest absolute Gasteiger partial charge is 0.275 e. The summed E-state index contributed by atoms with van der Waals surface area (Å²) in [6, 6.07) is 7.29. The summed E-state index contributed by atoms with van der Waals surface area (Å²) in [4.78, 5) is 22.7. The zero-order valence-corrected chi connectivity index (χ0v) is 13.6. The van der Waals surface area contributed by atoms with Gasteiger partial charge in [-0.15, -0.1) is 0 Å². The summed E-state index contributed by atoms with van der Waals surface area (Å²) in [5.41, 5.74) is 0.999. The number of halogens is 1. The lowest BCUT2D eigenvalue weighted by atomic mass is 10.3. The van der Waals surface area contributed by atoms with Crippen molar-refractivity contribution in [3.8, 4) is 0 Å². The third kappa shape index (κ3) is 3.78. The number of amides is 1. The molecular formula is C15H17BrN4O. The van der Waals surface area contributed by atoms with E-state index in [0.717, 1.165) is 18.9 Å². The van der Waals surface area contributed by atoms with Crippen LogP contribution in [0, 0.1) is 0 Å². The first kappa shape index (κ1) is 15.4. The fourth-order valence-electron chi connectivity index (χ4n) is 1.94. The molecule has 2 heterocycles. The molecule has 110 valence electrons. The van der Waals surface area contributed by atoms with Crippen LogP contribution in [0.4, 0.5) is 11.5 Å². The molecule has 0 aliphatic rings. The minimum absolute atomic E-state index is 0.264. The number of hydrogen-bond acceptors (Lipinski definition) is 4. The van der Waals surface area contributed by atoms with Crippen LogP contribution in [-0.4, -0.2) is 29.0 Å². The number of carbonyl (C=O) groups excluding carboxylic acids is 1. The topological polar surface area (TPSA) is 58.1 Å². The second-order valence-electron chi connectivity index (χ2n) is 4.37. The number of rotatable bonds is 5. The van der Waals surface area contributed by atoms with E-state index in [0.29, 0.717) is 15.9 Å². The van der Waals surface area contributed by atoms with Crippen molar-refractivity contribution in [2.75, 3.05) is 23.3 Å². The van der Waals surface area contributed by atoms with E-state index in [2.05, 4.69) is 50.0 Å². The maximum Gasteiger partial charge on any atom is 0.275 e. The second-order valence-corrected chi connectivity index (χ2v) is 5.22. The van der Waals surface area contributed by atoms with Crippen LogP contribution in [0.5, 0.6) is 0 Å². The van der Waals surface area contributed by atoms with Crippen molar-refractivity contribution in [1.29, 1.82) is 0 Å². The molecule has 0 spiro atoms. The molecule has 0 saturated carbocycles. The monoisotopic (exact) mass is 348 g/mol. The molecule has 0 aromatic carbocycles. The van der Waals surface area contributed by atoms with Gasteiger partial charge in [0, 0.05) is 23.8 Å². The molecule has 0 fully saturated rings. The van der Waals surface area contributed by atoms with Crippen molar-refractivity contribution in [3.05, 3.63) is 46.8 Å². The van der Waals surface area contributed by atoms with Crippen molar-refractivity contribution < 1.29 is 4.79 Å².